The number of aromatic nitrogens is 1. The first kappa shape index (κ1) is 21.2. The number of nitrogens with zero attached hydrogens (tertiary/aromatic N) is 2. The molecule has 1 aromatic heterocycles. The fraction of sp³-hybridized carbons (Fsp3) is 0.333. The molecule has 1 aliphatic rings. The number of ketones is 1. The lowest BCUT2D eigenvalue weighted by Gasteiger charge is -2.29. The van der Waals surface area contributed by atoms with E-state index in [4.69, 9.17) is 11.6 Å². The summed E-state index contributed by atoms with van der Waals surface area (Å²) in [6.07, 6.45) is 1.71. The minimum absolute atomic E-state index is 0.0261. The summed E-state index contributed by atoms with van der Waals surface area (Å²) in [5, 5.41) is 4.28. The average Bonchev–Trinajstić information content (AvgIpc) is 3.14. The molecular weight excluding hydrogens is 442 g/mol. The monoisotopic (exact) mass is 463 g/mol. The standard InChI is InChI=1S/C21H22ClN3O3S2/c1-14-7-9-25(10-8-14)30(27,28)17-4-2-3-15(11-17)19(26)13-23-21-24-18-6-5-16(22)12-20(18)29-21/h2-6,11-12,14H,7-10,13H2,1H3,(H,23,24). The third-order valence-electron chi connectivity index (χ3n) is 5.29. The molecule has 2 aromatic carbocycles. The molecule has 9 heteroatoms. The minimum atomic E-state index is -3.59. The summed E-state index contributed by atoms with van der Waals surface area (Å²) < 4.78 is 28.4. The molecule has 0 amide bonds. The predicted octanol–water partition coefficient (Wildman–Crippen LogP) is 4.67. The third kappa shape index (κ3) is 4.51. The topological polar surface area (TPSA) is 79.4 Å². The Morgan fingerprint density at radius 1 is 1.23 bits per heavy atom. The second-order valence-corrected chi connectivity index (χ2v) is 10.9. The summed E-state index contributed by atoms with van der Waals surface area (Å²) in [6.45, 7) is 3.20. The molecule has 0 spiro atoms. The number of nitrogens with one attached hydrogen (secondary N) is 1. The van der Waals surface area contributed by atoms with Gasteiger partial charge in [-0.1, -0.05) is 42.0 Å². The molecule has 1 fully saturated rings. The molecule has 1 aliphatic heterocycles. The minimum Gasteiger partial charge on any atom is -0.354 e. The van der Waals surface area contributed by atoms with Gasteiger partial charge in [0.1, 0.15) is 0 Å². The molecule has 158 valence electrons. The van der Waals surface area contributed by atoms with E-state index in [9.17, 15) is 13.2 Å². The molecular formula is C21H22ClN3O3S2. The number of fused-ring (bicyclic) bond motifs is 1. The highest BCUT2D eigenvalue weighted by molar-refractivity contribution is 7.89. The van der Waals surface area contributed by atoms with Crippen molar-refractivity contribution in [2.75, 3.05) is 25.0 Å². The molecule has 0 atom stereocenters. The fourth-order valence-corrected chi connectivity index (χ4v) is 6.09. The first-order chi connectivity index (χ1) is 14.3. The highest BCUT2D eigenvalue weighted by Crippen LogP contribution is 2.28. The van der Waals surface area contributed by atoms with Gasteiger partial charge in [-0.2, -0.15) is 4.31 Å². The van der Waals surface area contributed by atoms with Crippen LogP contribution in [0.4, 0.5) is 5.13 Å². The van der Waals surface area contributed by atoms with Gasteiger partial charge in [0.15, 0.2) is 10.9 Å². The maximum Gasteiger partial charge on any atom is 0.243 e. The van der Waals surface area contributed by atoms with Crippen molar-refractivity contribution in [1.82, 2.24) is 9.29 Å². The van der Waals surface area contributed by atoms with E-state index < -0.39 is 10.0 Å². The maximum absolute atomic E-state index is 13.0. The molecule has 30 heavy (non-hydrogen) atoms. The molecule has 0 aliphatic carbocycles. The summed E-state index contributed by atoms with van der Waals surface area (Å²) in [6, 6.07) is 11.7. The van der Waals surface area contributed by atoms with Crippen molar-refractivity contribution in [2.24, 2.45) is 5.92 Å². The highest BCUT2D eigenvalue weighted by Gasteiger charge is 2.28. The third-order valence-corrected chi connectivity index (χ3v) is 8.39. The van der Waals surface area contributed by atoms with Crippen LogP contribution in [0.25, 0.3) is 10.2 Å². The second kappa shape index (κ2) is 8.63. The Bertz CT molecular complexity index is 1190. The van der Waals surface area contributed by atoms with Crippen molar-refractivity contribution in [3.8, 4) is 0 Å². The number of carbonyl (C=O) groups excluding carboxylic acids is 1. The Labute approximate surface area is 184 Å². The molecule has 1 saturated heterocycles. The maximum atomic E-state index is 13.0. The Morgan fingerprint density at radius 2 is 2.00 bits per heavy atom. The normalized spacial score (nSPS) is 16.1. The molecule has 0 unspecified atom stereocenters. The first-order valence-corrected chi connectivity index (χ1v) is 12.4. The number of benzene rings is 2. The van der Waals surface area contributed by atoms with Crippen LogP contribution in [-0.2, 0) is 10.0 Å². The Kier molecular flexibility index (Phi) is 6.11. The number of thiazole rings is 1. The highest BCUT2D eigenvalue weighted by atomic mass is 35.5. The van der Waals surface area contributed by atoms with Crippen molar-refractivity contribution in [1.29, 1.82) is 0 Å². The van der Waals surface area contributed by atoms with Gasteiger partial charge < -0.3 is 5.32 Å². The lowest BCUT2D eigenvalue weighted by atomic mass is 10.0. The molecule has 0 radical (unpaired) electrons. The number of Topliss-reactive ketones (excluding diaryl/α,β-unsaturated/α-hetero) is 1. The van der Waals surface area contributed by atoms with Crippen molar-refractivity contribution in [2.45, 2.75) is 24.7 Å². The Balaban J connectivity index is 1.46. The molecule has 3 aromatic rings. The van der Waals surface area contributed by atoms with Gasteiger partial charge in [-0.3, -0.25) is 4.79 Å². The average molecular weight is 464 g/mol. The van der Waals surface area contributed by atoms with Crippen LogP contribution >= 0.6 is 22.9 Å². The first-order valence-electron chi connectivity index (χ1n) is 9.76. The second-order valence-electron chi connectivity index (χ2n) is 7.52. The van der Waals surface area contributed by atoms with E-state index in [0.717, 1.165) is 23.1 Å². The Hall–Kier alpha value is -2.00. The van der Waals surface area contributed by atoms with Crippen LogP contribution in [0, 0.1) is 5.92 Å². The molecule has 4 rings (SSSR count). The van der Waals surface area contributed by atoms with Crippen LogP contribution in [0.3, 0.4) is 0 Å². The van der Waals surface area contributed by atoms with Crippen molar-refractivity contribution in [3.63, 3.8) is 0 Å². The van der Waals surface area contributed by atoms with E-state index in [-0.39, 0.29) is 17.2 Å². The van der Waals surface area contributed by atoms with Crippen LogP contribution in [0.5, 0.6) is 0 Å². The number of carbonyl (C=O) groups is 1. The van der Waals surface area contributed by atoms with Gasteiger partial charge in [0, 0.05) is 23.7 Å². The summed E-state index contributed by atoms with van der Waals surface area (Å²) in [5.41, 5.74) is 1.17. The molecule has 0 saturated carbocycles. The smallest absolute Gasteiger partial charge is 0.243 e. The summed E-state index contributed by atoms with van der Waals surface area (Å²) in [4.78, 5) is 17.3. The van der Waals surface area contributed by atoms with Gasteiger partial charge >= 0.3 is 0 Å². The van der Waals surface area contributed by atoms with Gasteiger partial charge in [-0.25, -0.2) is 13.4 Å². The number of hydrogen-bond acceptors (Lipinski definition) is 6. The van der Waals surface area contributed by atoms with Crippen molar-refractivity contribution in [3.05, 3.63) is 53.1 Å². The number of piperidine rings is 1. The quantitative estimate of drug-likeness (QED) is 0.537. The summed E-state index contributed by atoms with van der Waals surface area (Å²) in [7, 11) is -3.59. The van der Waals surface area contributed by atoms with Crippen LogP contribution in [0.15, 0.2) is 47.4 Å². The van der Waals surface area contributed by atoms with Gasteiger partial charge in [0.25, 0.3) is 0 Å². The predicted molar refractivity (Wildman–Crippen MR) is 121 cm³/mol. The molecule has 6 nitrogen and oxygen atoms in total. The van der Waals surface area contributed by atoms with E-state index in [0.29, 0.717) is 34.7 Å². The van der Waals surface area contributed by atoms with Crippen LogP contribution in [0.2, 0.25) is 5.02 Å². The largest absolute Gasteiger partial charge is 0.354 e. The number of sulfonamides is 1. The van der Waals surface area contributed by atoms with E-state index >= 15 is 0 Å². The zero-order valence-electron chi connectivity index (χ0n) is 16.5. The molecule has 2 heterocycles. The number of halogens is 1. The SMILES string of the molecule is CC1CCN(S(=O)(=O)c2cccc(C(=O)CNc3nc4ccc(Cl)cc4s3)c2)CC1. The lowest BCUT2D eigenvalue weighted by Crippen LogP contribution is -2.37. The van der Waals surface area contributed by atoms with E-state index in [1.54, 1.807) is 24.3 Å². The van der Waals surface area contributed by atoms with Gasteiger partial charge in [0.2, 0.25) is 10.0 Å². The van der Waals surface area contributed by atoms with Gasteiger partial charge in [0.05, 0.1) is 21.7 Å². The van der Waals surface area contributed by atoms with E-state index in [1.807, 2.05) is 12.1 Å². The lowest BCUT2D eigenvalue weighted by molar-refractivity contribution is 0.101. The van der Waals surface area contributed by atoms with Crippen molar-refractivity contribution < 1.29 is 13.2 Å². The van der Waals surface area contributed by atoms with Gasteiger partial charge in [-0.15, -0.1) is 0 Å². The Morgan fingerprint density at radius 3 is 2.77 bits per heavy atom. The number of hydrogen-bond donors (Lipinski definition) is 1. The van der Waals surface area contributed by atoms with E-state index in [1.165, 1.54) is 21.7 Å². The summed E-state index contributed by atoms with van der Waals surface area (Å²) >= 11 is 7.42. The van der Waals surface area contributed by atoms with Crippen LogP contribution < -0.4 is 5.32 Å². The van der Waals surface area contributed by atoms with E-state index in [2.05, 4.69) is 17.2 Å². The molecule has 1 N–H and O–H groups in total. The number of anilines is 1. The van der Waals surface area contributed by atoms with Crippen molar-refractivity contribution >= 4 is 54.1 Å². The zero-order chi connectivity index (χ0) is 21.3. The fourth-order valence-electron chi connectivity index (χ4n) is 3.44. The summed E-state index contributed by atoms with van der Waals surface area (Å²) in [5.74, 6) is 0.338. The molecule has 0 bridgehead atoms. The van der Waals surface area contributed by atoms with Crippen LogP contribution in [0.1, 0.15) is 30.1 Å². The van der Waals surface area contributed by atoms with Gasteiger partial charge in [-0.05, 0) is 49.1 Å². The zero-order valence-corrected chi connectivity index (χ0v) is 18.9. The van der Waals surface area contributed by atoms with Crippen LogP contribution in [-0.4, -0.2) is 43.1 Å². The number of rotatable bonds is 6.